The number of quaternary nitrogens is 1. The van der Waals surface area contributed by atoms with E-state index in [1.165, 1.54) is 23.1 Å². The van der Waals surface area contributed by atoms with Crippen LogP contribution in [0.1, 0.15) is 17.7 Å². The van der Waals surface area contributed by atoms with Crippen LogP contribution in [0.4, 0.5) is 0 Å². The fraction of sp³-hybridized carbons (Fsp3) is 0.632. The molecule has 4 saturated heterocycles. The lowest BCUT2D eigenvalue weighted by Gasteiger charge is -2.45. The quantitative estimate of drug-likeness (QED) is 0.464. The number of thioether (sulfide) groups is 1. The van der Waals surface area contributed by atoms with E-state index in [1.54, 1.807) is 6.07 Å². The number of hydrogen-bond acceptors (Lipinski definition) is 7. The first kappa shape index (κ1) is 17.0. The second kappa shape index (κ2) is 5.17. The maximum atomic E-state index is 13.3. The maximum Gasteiger partial charge on any atom is 0.348 e. The van der Waals surface area contributed by atoms with Gasteiger partial charge in [-0.2, -0.15) is 0 Å². The first-order valence-electron chi connectivity index (χ1n) is 9.36. The molecule has 1 aromatic rings. The second-order valence-electron chi connectivity index (χ2n) is 8.67. The van der Waals surface area contributed by atoms with E-state index in [0.717, 1.165) is 17.3 Å². The van der Waals surface area contributed by atoms with Crippen LogP contribution in [-0.4, -0.2) is 71.1 Å². The van der Waals surface area contributed by atoms with E-state index in [1.807, 2.05) is 22.9 Å². The zero-order chi connectivity index (χ0) is 18.6. The van der Waals surface area contributed by atoms with Crippen molar-refractivity contribution in [1.82, 2.24) is 0 Å². The number of morpholine rings is 1. The summed E-state index contributed by atoms with van der Waals surface area (Å²) in [6, 6.07) is 4.33. The number of aliphatic hydroxyl groups is 1. The maximum absolute atomic E-state index is 13.3. The second-order valence-corrected chi connectivity index (χ2v) is 10.7. The van der Waals surface area contributed by atoms with Crippen LogP contribution < -0.4 is 0 Å². The normalized spacial score (nSPS) is 47.1. The number of carbonyl (C=O) groups excluding carboxylic acids is 1. The number of carbonyl (C=O) groups is 1. The Kier molecular flexibility index (Phi) is 3.26. The van der Waals surface area contributed by atoms with Crippen LogP contribution in [0.15, 0.2) is 29.0 Å². The van der Waals surface area contributed by atoms with Crippen molar-refractivity contribution in [1.29, 1.82) is 0 Å². The van der Waals surface area contributed by atoms with Gasteiger partial charge in [0.05, 0.1) is 19.0 Å². The van der Waals surface area contributed by atoms with Gasteiger partial charge in [0.2, 0.25) is 5.60 Å². The van der Waals surface area contributed by atoms with Crippen LogP contribution in [0.3, 0.4) is 0 Å². The monoisotopic (exact) mass is 408 g/mol. The summed E-state index contributed by atoms with van der Waals surface area (Å²) in [6.07, 6.45) is 3.61. The molecule has 27 heavy (non-hydrogen) atoms. The van der Waals surface area contributed by atoms with Gasteiger partial charge in [-0.05, 0) is 22.9 Å². The molecule has 6 nitrogen and oxygen atoms in total. The molecule has 2 bridgehead atoms. The molecule has 0 spiro atoms. The average Bonchev–Trinajstić information content (AvgIpc) is 3.41. The Bertz CT molecular complexity index is 821. The number of thiophene rings is 1. The number of hydrogen-bond donors (Lipinski definition) is 1. The molecule has 6 heterocycles. The molecule has 1 N–H and O–H groups in total. The lowest BCUT2D eigenvalue weighted by molar-refractivity contribution is -0.938. The van der Waals surface area contributed by atoms with Crippen molar-refractivity contribution in [2.24, 2.45) is 0 Å². The van der Waals surface area contributed by atoms with E-state index in [-0.39, 0.29) is 12.2 Å². The van der Waals surface area contributed by atoms with Crippen molar-refractivity contribution >= 4 is 29.1 Å². The van der Waals surface area contributed by atoms with Crippen LogP contribution in [0.25, 0.3) is 0 Å². The van der Waals surface area contributed by atoms with Gasteiger partial charge >= 0.3 is 5.97 Å². The molecule has 0 aromatic carbocycles. The number of nitrogens with zero attached hydrogens (tertiary/aromatic N) is 1. The number of piperidine rings is 1. The number of esters is 1. The van der Waals surface area contributed by atoms with Crippen LogP contribution in [0, 0.1) is 0 Å². The molecule has 144 valence electrons. The van der Waals surface area contributed by atoms with Crippen molar-refractivity contribution in [3.63, 3.8) is 0 Å². The fourth-order valence-electron chi connectivity index (χ4n) is 5.44. The van der Waals surface area contributed by atoms with E-state index in [4.69, 9.17) is 14.2 Å². The summed E-state index contributed by atoms with van der Waals surface area (Å²) < 4.78 is 18.5. The lowest BCUT2D eigenvalue weighted by Crippen LogP contribution is -2.60. The Labute approximate surface area is 165 Å². The van der Waals surface area contributed by atoms with Crippen molar-refractivity contribution in [2.45, 2.75) is 59.9 Å². The van der Waals surface area contributed by atoms with Gasteiger partial charge in [-0.25, -0.2) is 4.79 Å². The van der Waals surface area contributed by atoms with Gasteiger partial charge in [-0.15, -0.1) is 11.3 Å². The Morgan fingerprint density at radius 1 is 1.37 bits per heavy atom. The molecule has 6 rings (SSSR count). The predicted octanol–water partition coefficient (Wildman–Crippen LogP) is 1.59. The Hall–Kier alpha value is -0.900. The lowest BCUT2D eigenvalue weighted by atomic mass is 9.93. The molecule has 5 aliphatic rings. The van der Waals surface area contributed by atoms with Gasteiger partial charge in [0.25, 0.3) is 0 Å². The topological polar surface area (TPSA) is 71.6 Å². The van der Waals surface area contributed by atoms with Gasteiger partial charge < -0.3 is 23.8 Å². The Morgan fingerprint density at radius 2 is 2.11 bits per heavy atom. The van der Waals surface area contributed by atoms with Crippen LogP contribution in [0.5, 0.6) is 0 Å². The van der Waals surface area contributed by atoms with Crippen molar-refractivity contribution in [3.05, 3.63) is 33.9 Å². The average molecular weight is 409 g/mol. The summed E-state index contributed by atoms with van der Waals surface area (Å²) in [5.41, 5.74) is -1.79. The number of epoxide rings is 2. The highest BCUT2D eigenvalue weighted by molar-refractivity contribution is 8.04. The van der Waals surface area contributed by atoms with E-state index >= 15 is 0 Å². The molecule has 1 aromatic heterocycles. The summed E-state index contributed by atoms with van der Waals surface area (Å²) >= 11 is 2.72. The summed E-state index contributed by atoms with van der Waals surface area (Å²) in [7, 11) is 4.49. The van der Waals surface area contributed by atoms with Gasteiger partial charge in [0, 0.05) is 12.8 Å². The predicted molar refractivity (Wildman–Crippen MR) is 100 cm³/mol. The smallest absolute Gasteiger partial charge is 0.348 e. The van der Waals surface area contributed by atoms with Gasteiger partial charge in [-0.1, -0.05) is 17.8 Å². The third-order valence-electron chi connectivity index (χ3n) is 7.11. The minimum Gasteiger partial charge on any atom is -0.459 e. The molecule has 0 radical (unpaired) electrons. The largest absolute Gasteiger partial charge is 0.459 e. The summed E-state index contributed by atoms with van der Waals surface area (Å²) in [4.78, 5) is 12.9. The van der Waals surface area contributed by atoms with Crippen molar-refractivity contribution in [2.75, 3.05) is 14.1 Å². The highest BCUT2D eigenvalue weighted by Gasteiger charge is 2.76. The molecule has 4 unspecified atom stereocenters. The summed E-state index contributed by atoms with van der Waals surface area (Å²) in [5.74, 6) is -0.588. The molecule has 0 aliphatic carbocycles. The zero-order valence-electron chi connectivity index (χ0n) is 15.1. The summed E-state index contributed by atoms with van der Waals surface area (Å²) in [5, 5.41) is 15.4. The van der Waals surface area contributed by atoms with E-state index in [9.17, 15) is 9.90 Å². The highest BCUT2D eigenvalue weighted by atomic mass is 32.2. The Morgan fingerprint density at radius 3 is 2.67 bits per heavy atom. The first-order valence-corrected chi connectivity index (χ1v) is 11.1. The third-order valence-corrected chi connectivity index (χ3v) is 9.35. The van der Waals surface area contributed by atoms with Gasteiger partial charge in [-0.3, -0.25) is 0 Å². The molecule has 8 heteroatoms. The molecule has 8 atom stereocenters. The zero-order valence-corrected chi connectivity index (χ0v) is 16.7. The molecule has 0 saturated carbocycles. The molecule has 4 fully saturated rings. The van der Waals surface area contributed by atoms with E-state index in [2.05, 4.69) is 14.1 Å². The molecular weight excluding hydrogens is 386 g/mol. The number of likely N-dealkylation sites (N-methyl/N-ethyl adjacent to an activating group) is 1. The molecule has 5 aliphatic heterocycles. The Balaban J connectivity index is 1.27. The molecule has 0 amide bonds. The minimum atomic E-state index is -1.79. The van der Waals surface area contributed by atoms with E-state index < -0.39 is 16.5 Å². The van der Waals surface area contributed by atoms with Crippen molar-refractivity contribution in [3.8, 4) is 0 Å². The van der Waals surface area contributed by atoms with Crippen LogP contribution in [0.2, 0.25) is 0 Å². The highest BCUT2D eigenvalue weighted by Crippen LogP contribution is 2.63. The van der Waals surface area contributed by atoms with E-state index in [0.29, 0.717) is 29.2 Å². The standard InChI is InChI=1S/C19H22NO5S2/c1-20(2)11-8-10(9-12(20)16-15(11)24-16)23-17(21)18(22,14-4-3-6-26-14)19-13(25-19)5-7-27-19/h3-7,10-13,15-16,22H,8-9H2,1-2H3/q+1/t10?,11-,12+,13?,15-,16+,18?,19?. The number of ether oxygens (including phenoxy) is 3. The van der Waals surface area contributed by atoms with Crippen molar-refractivity contribution < 1.29 is 28.6 Å². The third kappa shape index (κ3) is 2.04. The van der Waals surface area contributed by atoms with Gasteiger partial charge in [0.1, 0.15) is 36.5 Å². The number of rotatable bonds is 4. The van der Waals surface area contributed by atoms with Gasteiger partial charge in [0.15, 0.2) is 4.93 Å². The number of fused-ring (bicyclic) bond motifs is 6. The SMILES string of the molecule is C[N+]1(C)[C@@H]2CC(OC(=O)C(O)(c3cccs3)C34OC3C=CS4)C[C@H]1[C@@H]1O[C@@H]12. The minimum absolute atomic E-state index is 0.186. The summed E-state index contributed by atoms with van der Waals surface area (Å²) in [6.45, 7) is 0. The van der Waals surface area contributed by atoms with Crippen LogP contribution >= 0.6 is 23.1 Å². The fourth-order valence-corrected chi connectivity index (χ4v) is 7.53. The van der Waals surface area contributed by atoms with Crippen LogP contribution in [-0.2, 0) is 24.6 Å². The molecular formula is C19H22NO5S2+. The first-order chi connectivity index (χ1) is 12.9.